The molecule has 12 heavy (non-hydrogen) atoms. The fraction of sp³-hybridized carbons (Fsp3) is 1.00. The summed E-state index contributed by atoms with van der Waals surface area (Å²) in [6.07, 6.45) is 1.40. The highest BCUT2D eigenvalue weighted by Crippen LogP contribution is 2.28. The van der Waals surface area contributed by atoms with Crippen molar-refractivity contribution in [3.63, 3.8) is 0 Å². The van der Waals surface area contributed by atoms with Crippen molar-refractivity contribution in [3.8, 4) is 0 Å². The molecule has 0 aromatic carbocycles. The molecule has 1 aliphatic rings. The van der Waals surface area contributed by atoms with Crippen LogP contribution in [0.3, 0.4) is 0 Å². The van der Waals surface area contributed by atoms with Crippen molar-refractivity contribution >= 4 is 0 Å². The molecule has 1 atom stereocenters. The van der Waals surface area contributed by atoms with Gasteiger partial charge in [-0.25, -0.2) is 0 Å². The average Bonchev–Trinajstić information content (AvgIpc) is 2.30. The van der Waals surface area contributed by atoms with Gasteiger partial charge in [-0.1, -0.05) is 13.8 Å². The first-order valence-electron chi connectivity index (χ1n) is 5.16. The van der Waals surface area contributed by atoms with E-state index in [-0.39, 0.29) is 0 Å². The van der Waals surface area contributed by atoms with Gasteiger partial charge in [-0.3, -0.25) is 4.90 Å². The van der Waals surface area contributed by atoms with E-state index in [9.17, 15) is 0 Å². The van der Waals surface area contributed by atoms with Crippen LogP contribution in [0.25, 0.3) is 0 Å². The predicted octanol–water partition coefficient (Wildman–Crippen LogP) is 2.76. The summed E-state index contributed by atoms with van der Waals surface area (Å²) >= 11 is 0. The predicted molar refractivity (Wildman–Crippen MR) is 54.3 cm³/mol. The monoisotopic (exact) mass is 169 g/mol. The minimum absolute atomic E-state index is 0.379. The second-order valence-electron chi connectivity index (χ2n) is 5.41. The molecule has 0 aromatic heterocycles. The zero-order chi connectivity index (χ0) is 9.35. The molecule has 1 heteroatoms. The van der Waals surface area contributed by atoms with Crippen LogP contribution in [0.4, 0.5) is 0 Å². The minimum Gasteiger partial charge on any atom is -0.298 e. The van der Waals surface area contributed by atoms with E-state index in [1.54, 1.807) is 0 Å². The van der Waals surface area contributed by atoms with Crippen LogP contribution in [0.5, 0.6) is 0 Å². The Kier molecular flexibility index (Phi) is 2.82. The van der Waals surface area contributed by atoms with Gasteiger partial charge < -0.3 is 0 Å². The Morgan fingerprint density at radius 1 is 1.25 bits per heavy atom. The zero-order valence-corrected chi connectivity index (χ0v) is 9.22. The smallest absolute Gasteiger partial charge is 0.0125 e. The highest BCUT2D eigenvalue weighted by Gasteiger charge is 2.31. The minimum atomic E-state index is 0.379. The summed E-state index contributed by atoms with van der Waals surface area (Å²) in [7, 11) is 0. The number of nitrogens with zero attached hydrogens (tertiary/aromatic N) is 1. The van der Waals surface area contributed by atoms with Crippen molar-refractivity contribution in [2.75, 3.05) is 13.1 Å². The van der Waals surface area contributed by atoms with Gasteiger partial charge in [0.05, 0.1) is 0 Å². The lowest BCUT2D eigenvalue weighted by Gasteiger charge is -2.32. The van der Waals surface area contributed by atoms with Crippen LogP contribution in [-0.2, 0) is 0 Å². The Hall–Kier alpha value is -0.0400. The van der Waals surface area contributed by atoms with E-state index < -0.39 is 0 Å². The molecule has 1 nitrogen and oxygen atoms in total. The normalized spacial score (nSPS) is 27.0. The molecule has 0 spiro atoms. The quantitative estimate of drug-likeness (QED) is 0.583. The number of likely N-dealkylation sites (tertiary alicyclic amines) is 1. The van der Waals surface area contributed by atoms with Gasteiger partial charge in [0.15, 0.2) is 0 Å². The molecule has 1 unspecified atom stereocenters. The molecule has 0 aliphatic carbocycles. The van der Waals surface area contributed by atoms with Crippen LogP contribution in [-0.4, -0.2) is 23.5 Å². The van der Waals surface area contributed by atoms with Gasteiger partial charge in [-0.15, -0.1) is 0 Å². The average molecular weight is 169 g/mol. The molecular formula is C11H23N. The Morgan fingerprint density at radius 3 is 2.08 bits per heavy atom. The third-order valence-corrected chi connectivity index (χ3v) is 3.12. The molecule has 1 heterocycles. The standard InChI is InChI=1S/C11H23N/c1-9(2)10-6-7-12(8-10)11(3,4)5/h9-10H,6-8H2,1-5H3. The van der Waals surface area contributed by atoms with Crippen LogP contribution in [0, 0.1) is 11.8 Å². The van der Waals surface area contributed by atoms with Gasteiger partial charge in [0.1, 0.15) is 0 Å². The van der Waals surface area contributed by atoms with Crippen molar-refractivity contribution in [3.05, 3.63) is 0 Å². The Labute approximate surface area is 77.1 Å². The lowest BCUT2D eigenvalue weighted by atomic mass is 9.95. The zero-order valence-electron chi connectivity index (χ0n) is 9.22. The molecule has 0 N–H and O–H groups in total. The first kappa shape index (κ1) is 10.0. The van der Waals surface area contributed by atoms with Gasteiger partial charge in [0.25, 0.3) is 0 Å². The molecule has 1 rings (SSSR count). The van der Waals surface area contributed by atoms with Gasteiger partial charge in [0, 0.05) is 12.1 Å². The second-order valence-corrected chi connectivity index (χ2v) is 5.41. The number of hydrogen-bond donors (Lipinski definition) is 0. The molecule has 0 saturated carbocycles. The Bertz CT molecular complexity index is 144. The van der Waals surface area contributed by atoms with Gasteiger partial charge in [0.2, 0.25) is 0 Å². The van der Waals surface area contributed by atoms with E-state index in [0.29, 0.717) is 5.54 Å². The first-order valence-corrected chi connectivity index (χ1v) is 5.16. The van der Waals surface area contributed by atoms with Gasteiger partial charge in [-0.2, -0.15) is 0 Å². The van der Waals surface area contributed by atoms with Crippen LogP contribution >= 0.6 is 0 Å². The van der Waals surface area contributed by atoms with Crippen molar-refractivity contribution in [2.24, 2.45) is 11.8 Å². The molecule has 0 aromatic rings. The van der Waals surface area contributed by atoms with E-state index in [1.807, 2.05) is 0 Å². The topological polar surface area (TPSA) is 3.24 Å². The second kappa shape index (κ2) is 3.37. The van der Waals surface area contributed by atoms with Crippen LogP contribution < -0.4 is 0 Å². The van der Waals surface area contributed by atoms with Gasteiger partial charge >= 0.3 is 0 Å². The number of hydrogen-bond acceptors (Lipinski definition) is 1. The summed E-state index contributed by atoms with van der Waals surface area (Å²) in [5, 5.41) is 0. The summed E-state index contributed by atoms with van der Waals surface area (Å²) in [4.78, 5) is 2.61. The third-order valence-electron chi connectivity index (χ3n) is 3.12. The van der Waals surface area contributed by atoms with Crippen LogP contribution in [0.1, 0.15) is 41.0 Å². The maximum atomic E-state index is 2.61. The number of rotatable bonds is 1. The molecule has 0 bridgehead atoms. The van der Waals surface area contributed by atoms with Crippen molar-refractivity contribution in [1.82, 2.24) is 4.90 Å². The highest BCUT2D eigenvalue weighted by atomic mass is 15.2. The van der Waals surface area contributed by atoms with E-state index in [0.717, 1.165) is 11.8 Å². The molecule has 72 valence electrons. The maximum Gasteiger partial charge on any atom is 0.0125 e. The summed E-state index contributed by atoms with van der Waals surface area (Å²) in [6, 6.07) is 0. The van der Waals surface area contributed by atoms with Crippen LogP contribution in [0.15, 0.2) is 0 Å². The largest absolute Gasteiger partial charge is 0.298 e. The summed E-state index contributed by atoms with van der Waals surface area (Å²) < 4.78 is 0. The van der Waals surface area contributed by atoms with E-state index in [1.165, 1.54) is 19.5 Å². The van der Waals surface area contributed by atoms with Crippen molar-refractivity contribution in [2.45, 2.75) is 46.6 Å². The summed E-state index contributed by atoms with van der Waals surface area (Å²) in [6.45, 7) is 14.2. The lowest BCUT2D eigenvalue weighted by molar-refractivity contribution is 0.163. The Morgan fingerprint density at radius 2 is 1.83 bits per heavy atom. The first-order chi connectivity index (χ1) is 5.41. The van der Waals surface area contributed by atoms with Crippen LogP contribution in [0.2, 0.25) is 0 Å². The van der Waals surface area contributed by atoms with Gasteiger partial charge in [-0.05, 0) is 45.6 Å². The van der Waals surface area contributed by atoms with E-state index >= 15 is 0 Å². The molecular weight excluding hydrogens is 146 g/mol. The Balaban J connectivity index is 2.46. The lowest BCUT2D eigenvalue weighted by Crippen LogP contribution is -2.39. The SMILES string of the molecule is CC(C)C1CCN(C(C)(C)C)C1. The fourth-order valence-corrected chi connectivity index (χ4v) is 1.94. The third kappa shape index (κ3) is 2.22. The highest BCUT2D eigenvalue weighted by molar-refractivity contribution is 4.85. The fourth-order valence-electron chi connectivity index (χ4n) is 1.94. The molecule has 1 aliphatic heterocycles. The van der Waals surface area contributed by atoms with Crippen molar-refractivity contribution < 1.29 is 0 Å². The summed E-state index contributed by atoms with van der Waals surface area (Å²) in [5.74, 6) is 1.79. The van der Waals surface area contributed by atoms with E-state index in [4.69, 9.17) is 0 Å². The maximum absolute atomic E-state index is 2.61. The van der Waals surface area contributed by atoms with Crippen molar-refractivity contribution in [1.29, 1.82) is 0 Å². The summed E-state index contributed by atoms with van der Waals surface area (Å²) in [5.41, 5.74) is 0.379. The molecule has 1 saturated heterocycles. The van der Waals surface area contributed by atoms with E-state index in [2.05, 4.69) is 39.5 Å². The molecule has 0 amide bonds. The molecule has 1 fully saturated rings. The molecule has 0 radical (unpaired) electrons.